The van der Waals surface area contributed by atoms with Gasteiger partial charge in [-0.2, -0.15) is 16.8 Å². The molecule has 9 nitrogen and oxygen atoms in total. The van der Waals surface area contributed by atoms with Crippen molar-refractivity contribution in [1.82, 2.24) is 0 Å². The molecule has 0 saturated heterocycles. The van der Waals surface area contributed by atoms with Gasteiger partial charge in [0, 0.05) is 0 Å². The molecule has 0 amide bonds. The standard InChI is InChI=1S/C10H14O3.2CH4O3S/c11-6-10(12)8-13-7-9-4-2-1-3-5-9;2*1-5(2,3)4/h1-5,10-12H,6-8H2;2*1H3,(H,2,3,4). The summed E-state index contributed by atoms with van der Waals surface area (Å²) in [6, 6.07) is 9.70. The maximum atomic E-state index is 9.19. The zero-order chi connectivity index (χ0) is 18.5. The van der Waals surface area contributed by atoms with E-state index in [1.807, 2.05) is 30.3 Å². The summed E-state index contributed by atoms with van der Waals surface area (Å²) < 4.78 is 56.9. The molecule has 11 heteroatoms. The van der Waals surface area contributed by atoms with E-state index in [1.54, 1.807) is 0 Å². The normalized spacial score (nSPS) is 12.3. The van der Waals surface area contributed by atoms with Crippen molar-refractivity contribution in [3.8, 4) is 0 Å². The van der Waals surface area contributed by atoms with Crippen molar-refractivity contribution in [2.24, 2.45) is 0 Å². The zero-order valence-electron chi connectivity index (χ0n) is 12.7. The summed E-state index contributed by atoms with van der Waals surface area (Å²) in [6.07, 6.45) is 0.656. The molecule has 1 aromatic carbocycles. The second kappa shape index (κ2) is 12.4. The van der Waals surface area contributed by atoms with Crippen LogP contribution in [0.5, 0.6) is 0 Å². The first-order valence-corrected chi connectivity index (χ1v) is 9.78. The SMILES string of the molecule is CS(=O)(=O)O.CS(=O)(=O)O.OCC(O)COCc1ccccc1. The van der Waals surface area contributed by atoms with Crippen LogP contribution in [-0.4, -0.2) is 68.0 Å². The van der Waals surface area contributed by atoms with E-state index in [4.69, 9.17) is 24.1 Å². The third-order valence-corrected chi connectivity index (χ3v) is 1.63. The summed E-state index contributed by atoms with van der Waals surface area (Å²) in [5.41, 5.74) is 1.06. The summed E-state index contributed by atoms with van der Waals surface area (Å²) in [5.74, 6) is 0. The maximum absolute atomic E-state index is 9.19. The molecule has 1 aromatic rings. The number of ether oxygens (including phenoxy) is 1. The molecule has 0 aliphatic heterocycles. The van der Waals surface area contributed by atoms with Gasteiger partial charge < -0.3 is 14.9 Å². The van der Waals surface area contributed by atoms with Gasteiger partial charge >= 0.3 is 0 Å². The summed E-state index contributed by atoms with van der Waals surface area (Å²) >= 11 is 0. The van der Waals surface area contributed by atoms with Crippen LogP contribution in [0.25, 0.3) is 0 Å². The van der Waals surface area contributed by atoms with Gasteiger partial charge in [-0.05, 0) is 5.56 Å². The topological polar surface area (TPSA) is 158 Å². The van der Waals surface area contributed by atoms with Crippen LogP contribution in [0.4, 0.5) is 0 Å². The first-order valence-electron chi connectivity index (χ1n) is 6.08. The molecule has 0 radical (unpaired) electrons. The third-order valence-electron chi connectivity index (χ3n) is 1.63. The summed E-state index contributed by atoms with van der Waals surface area (Å²) in [5, 5.41) is 17.5. The second-order valence-corrected chi connectivity index (χ2v) is 7.24. The number of aliphatic hydroxyl groups excluding tert-OH is 2. The van der Waals surface area contributed by atoms with Gasteiger partial charge in [0.1, 0.15) is 6.10 Å². The lowest BCUT2D eigenvalue weighted by Gasteiger charge is -2.07. The van der Waals surface area contributed by atoms with Gasteiger partial charge in [0.25, 0.3) is 20.2 Å². The molecule has 0 spiro atoms. The number of hydrogen-bond donors (Lipinski definition) is 4. The van der Waals surface area contributed by atoms with Gasteiger partial charge in [0.2, 0.25) is 0 Å². The Labute approximate surface area is 136 Å². The van der Waals surface area contributed by atoms with Crippen LogP contribution in [0.15, 0.2) is 30.3 Å². The number of hydrogen-bond acceptors (Lipinski definition) is 7. The Morgan fingerprint density at radius 2 is 1.39 bits per heavy atom. The molecule has 0 aromatic heterocycles. The van der Waals surface area contributed by atoms with Gasteiger partial charge in [-0.15, -0.1) is 0 Å². The Morgan fingerprint density at radius 3 is 1.74 bits per heavy atom. The van der Waals surface area contributed by atoms with Crippen molar-refractivity contribution in [2.75, 3.05) is 25.7 Å². The van der Waals surface area contributed by atoms with E-state index in [1.165, 1.54) is 0 Å². The number of rotatable bonds is 5. The van der Waals surface area contributed by atoms with Crippen molar-refractivity contribution in [3.05, 3.63) is 35.9 Å². The second-order valence-electron chi connectivity index (χ2n) is 4.30. The molecule has 1 rings (SSSR count). The molecular formula is C12H22O9S2. The Balaban J connectivity index is 0. The van der Waals surface area contributed by atoms with Gasteiger partial charge in [0.15, 0.2) is 0 Å². The maximum Gasteiger partial charge on any atom is 0.261 e. The molecule has 0 fully saturated rings. The molecule has 23 heavy (non-hydrogen) atoms. The molecule has 0 saturated carbocycles. The van der Waals surface area contributed by atoms with Gasteiger partial charge in [-0.25, -0.2) is 0 Å². The van der Waals surface area contributed by atoms with Crippen LogP contribution in [0, 0.1) is 0 Å². The van der Waals surface area contributed by atoms with E-state index >= 15 is 0 Å². The monoisotopic (exact) mass is 374 g/mol. The quantitative estimate of drug-likeness (QED) is 0.501. The molecule has 0 aliphatic rings. The highest BCUT2D eigenvalue weighted by Crippen LogP contribution is 2.00. The fraction of sp³-hybridized carbons (Fsp3) is 0.500. The molecular weight excluding hydrogens is 352 g/mol. The van der Waals surface area contributed by atoms with E-state index in [2.05, 4.69) is 0 Å². The van der Waals surface area contributed by atoms with E-state index < -0.39 is 26.3 Å². The predicted molar refractivity (Wildman–Crippen MR) is 84.1 cm³/mol. The lowest BCUT2D eigenvalue weighted by molar-refractivity contribution is 0.0000253. The van der Waals surface area contributed by atoms with E-state index in [0.29, 0.717) is 19.1 Å². The molecule has 0 bridgehead atoms. The fourth-order valence-corrected chi connectivity index (χ4v) is 0.940. The number of benzene rings is 1. The van der Waals surface area contributed by atoms with Crippen LogP contribution in [0.1, 0.15) is 5.56 Å². The Hall–Kier alpha value is -1.08. The molecule has 136 valence electrons. The van der Waals surface area contributed by atoms with Crippen molar-refractivity contribution < 1.29 is 40.9 Å². The van der Waals surface area contributed by atoms with Crippen LogP contribution in [0.2, 0.25) is 0 Å². The van der Waals surface area contributed by atoms with Crippen molar-refractivity contribution in [1.29, 1.82) is 0 Å². The average molecular weight is 374 g/mol. The van der Waals surface area contributed by atoms with Crippen LogP contribution >= 0.6 is 0 Å². The highest BCUT2D eigenvalue weighted by molar-refractivity contribution is 7.85. The Kier molecular flexibility index (Phi) is 13.0. The van der Waals surface area contributed by atoms with E-state index in [-0.39, 0.29) is 13.2 Å². The van der Waals surface area contributed by atoms with Gasteiger partial charge in [0.05, 0.1) is 32.3 Å². The minimum atomic E-state index is -3.67. The lowest BCUT2D eigenvalue weighted by Crippen LogP contribution is -2.19. The summed E-state index contributed by atoms with van der Waals surface area (Å²) in [7, 11) is -7.33. The van der Waals surface area contributed by atoms with E-state index in [0.717, 1.165) is 5.56 Å². The largest absolute Gasteiger partial charge is 0.394 e. The third kappa shape index (κ3) is 33.6. The van der Waals surface area contributed by atoms with Crippen LogP contribution in [0.3, 0.4) is 0 Å². The Bertz CT molecular complexity index is 551. The lowest BCUT2D eigenvalue weighted by atomic mass is 10.2. The molecule has 0 heterocycles. The van der Waals surface area contributed by atoms with Crippen molar-refractivity contribution in [2.45, 2.75) is 12.7 Å². The van der Waals surface area contributed by atoms with Gasteiger partial charge in [-0.1, -0.05) is 30.3 Å². The predicted octanol–water partition coefficient (Wildman–Crippen LogP) is -0.436. The fourth-order valence-electron chi connectivity index (χ4n) is 0.940. The van der Waals surface area contributed by atoms with Crippen LogP contribution < -0.4 is 0 Å². The summed E-state index contributed by atoms with van der Waals surface area (Å²) in [4.78, 5) is 0. The van der Waals surface area contributed by atoms with Crippen molar-refractivity contribution >= 4 is 20.2 Å². The van der Waals surface area contributed by atoms with E-state index in [9.17, 15) is 16.8 Å². The van der Waals surface area contributed by atoms with Crippen LogP contribution in [-0.2, 0) is 31.6 Å². The first kappa shape index (κ1) is 24.2. The smallest absolute Gasteiger partial charge is 0.261 e. The highest BCUT2D eigenvalue weighted by Gasteiger charge is 2.00. The Morgan fingerprint density at radius 1 is 1.00 bits per heavy atom. The zero-order valence-corrected chi connectivity index (χ0v) is 14.4. The van der Waals surface area contributed by atoms with Crippen molar-refractivity contribution in [3.63, 3.8) is 0 Å². The molecule has 0 aliphatic carbocycles. The molecule has 1 unspecified atom stereocenters. The summed E-state index contributed by atoms with van der Waals surface area (Å²) in [6.45, 7) is 0.387. The molecule has 1 atom stereocenters. The number of aliphatic hydroxyl groups is 2. The van der Waals surface area contributed by atoms with Gasteiger partial charge in [-0.3, -0.25) is 9.11 Å². The molecule has 4 N–H and O–H groups in total. The first-order chi connectivity index (χ1) is 10.3. The minimum absolute atomic E-state index is 0.172. The minimum Gasteiger partial charge on any atom is -0.394 e. The highest BCUT2D eigenvalue weighted by atomic mass is 32.2. The average Bonchev–Trinajstić information content (AvgIpc) is 2.36.